The van der Waals surface area contributed by atoms with Crippen LogP contribution in [0.2, 0.25) is 0 Å². The molecule has 1 atom stereocenters. The molecule has 0 bridgehead atoms. The average molecular weight is 260 g/mol. The van der Waals surface area contributed by atoms with Crippen molar-refractivity contribution in [2.75, 3.05) is 11.4 Å². The van der Waals surface area contributed by atoms with Crippen molar-refractivity contribution in [1.82, 2.24) is 0 Å². The van der Waals surface area contributed by atoms with Crippen LogP contribution in [-0.2, 0) is 0 Å². The van der Waals surface area contributed by atoms with E-state index in [9.17, 15) is 13.2 Å². The van der Waals surface area contributed by atoms with E-state index in [1.165, 1.54) is 4.90 Å². The molecule has 0 unspecified atom stereocenters. The predicted octanol–water partition coefficient (Wildman–Crippen LogP) is 3.48. The van der Waals surface area contributed by atoms with Gasteiger partial charge in [-0.2, -0.15) is 13.2 Å². The minimum Gasteiger partial charge on any atom is -0.360 e. The molecule has 0 saturated heterocycles. The second-order valence-electron chi connectivity index (χ2n) is 4.68. The van der Waals surface area contributed by atoms with Crippen LogP contribution in [0.15, 0.2) is 24.3 Å². The highest BCUT2D eigenvalue weighted by Gasteiger charge is 2.32. The van der Waals surface area contributed by atoms with Gasteiger partial charge in [0.1, 0.15) is 6.54 Å². The number of rotatable bonds is 4. The van der Waals surface area contributed by atoms with E-state index < -0.39 is 12.7 Å². The van der Waals surface area contributed by atoms with Crippen molar-refractivity contribution in [3.05, 3.63) is 29.8 Å². The number of alkyl halides is 3. The predicted molar refractivity (Wildman–Crippen MR) is 67.6 cm³/mol. The minimum atomic E-state index is -4.23. The van der Waals surface area contributed by atoms with Crippen LogP contribution in [0.3, 0.4) is 0 Å². The second-order valence-corrected chi connectivity index (χ2v) is 4.68. The van der Waals surface area contributed by atoms with Gasteiger partial charge < -0.3 is 10.6 Å². The standard InChI is InChI=1S/C13H19F3N2/c1-9(2)18(8-13(14,15)16)12-7-5-4-6-11(12)10(3)17/h4-7,9-10H,8,17H2,1-3H3/t10-/m0/s1. The van der Waals surface area contributed by atoms with E-state index >= 15 is 0 Å². The van der Waals surface area contributed by atoms with E-state index in [-0.39, 0.29) is 12.1 Å². The summed E-state index contributed by atoms with van der Waals surface area (Å²) in [6.07, 6.45) is -4.23. The molecular weight excluding hydrogens is 241 g/mol. The lowest BCUT2D eigenvalue weighted by molar-refractivity contribution is -0.120. The van der Waals surface area contributed by atoms with E-state index in [2.05, 4.69) is 0 Å². The molecule has 0 aliphatic heterocycles. The summed E-state index contributed by atoms with van der Waals surface area (Å²) in [5, 5.41) is 0. The highest BCUT2D eigenvalue weighted by atomic mass is 19.4. The Hall–Kier alpha value is -1.23. The van der Waals surface area contributed by atoms with Crippen molar-refractivity contribution in [1.29, 1.82) is 0 Å². The Morgan fingerprint density at radius 3 is 2.17 bits per heavy atom. The smallest absolute Gasteiger partial charge is 0.360 e. The van der Waals surface area contributed by atoms with Gasteiger partial charge in [-0.15, -0.1) is 0 Å². The molecule has 0 aromatic heterocycles. The molecule has 0 amide bonds. The molecule has 1 aromatic carbocycles. The van der Waals surface area contributed by atoms with Crippen molar-refractivity contribution >= 4 is 5.69 Å². The first-order chi connectivity index (χ1) is 8.22. The molecular formula is C13H19F3N2. The first-order valence-corrected chi connectivity index (χ1v) is 5.90. The van der Waals surface area contributed by atoms with Gasteiger partial charge in [-0.1, -0.05) is 18.2 Å². The molecule has 1 aromatic rings. The number of anilines is 1. The van der Waals surface area contributed by atoms with Crippen LogP contribution < -0.4 is 10.6 Å². The quantitative estimate of drug-likeness (QED) is 0.898. The molecule has 0 fully saturated rings. The zero-order valence-electron chi connectivity index (χ0n) is 10.8. The Labute approximate surface area is 106 Å². The van der Waals surface area contributed by atoms with Gasteiger partial charge in [0.05, 0.1) is 0 Å². The highest BCUT2D eigenvalue weighted by Crippen LogP contribution is 2.29. The SMILES string of the molecule is CC(C)N(CC(F)(F)F)c1ccccc1[C@H](C)N. The lowest BCUT2D eigenvalue weighted by atomic mass is 10.0. The van der Waals surface area contributed by atoms with Crippen LogP contribution in [0, 0.1) is 0 Å². The third-order valence-corrected chi connectivity index (χ3v) is 2.71. The maximum Gasteiger partial charge on any atom is 0.405 e. The van der Waals surface area contributed by atoms with E-state index in [0.29, 0.717) is 5.69 Å². The number of hydrogen-bond donors (Lipinski definition) is 1. The molecule has 0 aliphatic carbocycles. The largest absolute Gasteiger partial charge is 0.405 e. The fourth-order valence-corrected chi connectivity index (χ4v) is 1.87. The van der Waals surface area contributed by atoms with Gasteiger partial charge >= 0.3 is 6.18 Å². The Bertz CT molecular complexity index is 386. The number of halogens is 3. The monoisotopic (exact) mass is 260 g/mol. The molecule has 0 radical (unpaired) electrons. The van der Waals surface area contributed by atoms with Gasteiger partial charge in [0.2, 0.25) is 0 Å². The second kappa shape index (κ2) is 5.61. The lowest BCUT2D eigenvalue weighted by Crippen LogP contribution is -2.40. The summed E-state index contributed by atoms with van der Waals surface area (Å²) in [7, 11) is 0. The van der Waals surface area contributed by atoms with Gasteiger partial charge in [0.25, 0.3) is 0 Å². The van der Waals surface area contributed by atoms with E-state index in [1.54, 1.807) is 45.0 Å². The van der Waals surface area contributed by atoms with Crippen LogP contribution in [0.5, 0.6) is 0 Å². The van der Waals surface area contributed by atoms with Gasteiger partial charge in [-0.05, 0) is 32.4 Å². The summed E-state index contributed by atoms with van der Waals surface area (Å²) in [6.45, 7) is 4.28. The van der Waals surface area contributed by atoms with E-state index in [0.717, 1.165) is 5.56 Å². The minimum absolute atomic E-state index is 0.244. The Balaban J connectivity index is 3.14. The summed E-state index contributed by atoms with van der Waals surface area (Å²) < 4.78 is 37.8. The number of nitrogens with two attached hydrogens (primary N) is 1. The van der Waals surface area contributed by atoms with Crippen molar-refractivity contribution in [3.8, 4) is 0 Å². The number of para-hydroxylation sites is 1. The molecule has 0 saturated carbocycles. The third-order valence-electron chi connectivity index (χ3n) is 2.71. The fourth-order valence-electron chi connectivity index (χ4n) is 1.87. The lowest BCUT2D eigenvalue weighted by Gasteiger charge is -2.32. The van der Waals surface area contributed by atoms with Crippen molar-refractivity contribution in [2.45, 2.75) is 39.0 Å². The Morgan fingerprint density at radius 2 is 1.72 bits per heavy atom. The Kier molecular flexibility index (Phi) is 4.62. The first kappa shape index (κ1) is 14.8. The highest BCUT2D eigenvalue weighted by molar-refractivity contribution is 5.55. The van der Waals surface area contributed by atoms with Crippen LogP contribution >= 0.6 is 0 Å². The zero-order valence-corrected chi connectivity index (χ0v) is 10.8. The summed E-state index contributed by atoms with van der Waals surface area (Å²) in [5.74, 6) is 0. The summed E-state index contributed by atoms with van der Waals surface area (Å²) in [4.78, 5) is 1.33. The summed E-state index contributed by atoms with van der Waals surface area (Å²) in [6, 6.07) is 6.43. The molecule has 2 nitrogen and oxygen atoms in total. The molecule has 18 heavy (non-hydrogen) atoms. The van der Waals surface area contributed by atoms with Crippen LogP contribution in [0.4, 0.5) is 18.9 Å². The zero-order chi connectivity index (χ0) is 13.9. The maximum atomic E-state index is 12.6. The summed E-state index contributed by atoms with van der Waals surface area (Å²) >= 11 is 0. The number of hydrogen-bond acceptors (Lipinski definition) is 2. The van der Waals surface area contributed by atoms with E-state index in [4.69, 9.17) is 5.73 Å². The molecule has 2 N–H and O–H groups in total. The first-order valence-electron chi connectivity index (χ1n) is 5.90. The molecule has 0 aliphatic rings. The average Bonchev–Trinajstić information content (AvgIpc) is 2.24. The fraction of sp³-hybridized carbons (Fsp3) is 0.538. The molecule has 0 heterocycles. The van der Waals surface area contributed by atoms with Crippen molar-refractivity contribution in [3.63, 3.8) is 0 Å². The number of benzene rings is 1. The van der Waals surface area contributed by atoms with Crippen molar-refractivity contribution in [2.24, 2.45) is 5.73 Å². The normalized spacial score (nSPS) is 13.8. The number of nitrogens with zero attached hydrogens (tertiary/aromatic N) is 1. The van der Waals surface area contributed by atoms with Crippen LogP contribution in [0.1, 0.15) is 32.4 Å². The van der Waals surface area contributed by atoms with Crippen molar-refractivity contribution < 1.29 is 13.2 Å². The molecule has 5 heteroatoms. The van der Waals surface area contributed by atoms with Crippen LogP contribution in [0.25, 0.3) is 0 Å². The van der Waals surface area contributed by atoms with Gasteiger partial charge in [-0.25, -0.2) is 0 Å². The van der Waals surface area contributed by atoms with E-state index in [1.807, 2.05) is 0 Å². The van der Waals surface area contributed by atoms with Gasteiger partial charge in [0.15, 0.2) is 0 Å². The molecule has 102 valence electrons. The van der Waals surface area contributed by atoms with Gasteiger partial charge in [-0.3, -0.25) is 0 Å². The summed E-state index contributed by atoms with van der Waals surface area (Å²) in [5.41, 5.74) is 7.10. The Morgan fingerprint density at radius 1 is 1.17 bits per heavy atom. The van der Waals surface area contributed by atoms with Gasteiger partial charge in [0, 0.05) is 17.8 Å². The maximum absolute atomic E-state index is 12.6. The molecule has 0 spiro atoms. The van der Waals surface area contributed by atoms with Crippen LogP contribution in [-0.4, -0.2) is 18.8 Å². The third kappa shape index (κ3) is 3.91. The topological polar surface area (TPSA) is 29.3 Å². The molecule has 1 rings (SSSR count).